The lowest BCUT2D eigenvalue weighted by atomic mass is 10.1. The molecule has 1 amide bonds. The average molecular weight is 402 g/mol. The maximum atomic E-state index is 12.6. The molecule has 2 rings (SSSR count). The van der Waals surface area contributed by atoms with Gasteiger partial charge in [-0.2, -0.15) is 5.10 Å². The van der Waals surface area contributed by atoms with Crippen LogP contribution < -0.4 is 15.6 Å². The summed E-state index contributed by atoms with van der Waals surface area (Å²) >= 11 is 0. The third-order valence-electron chi connectivity index (χ3n) is 3.47. The minimum absolute atomic E-state index is 0.0105. The van der Waals surface area contributed by atoms with Crippen molar-refractivity contribution in [2.24, 2.45) is 4.99 Å². The first kappa shape index (κ1) is 23.9. The molecular formula is C21H30N4O4. The second-order valence-corrected chi connectivity index (χ2v) is 6.52. The molecule has 0 saturated heterocycles. The zero-order valence-electron chi connectivity index (χ0n) is 18.0. The molecular weight excluding hydrogens is 372 g/mol. The number of allylic oxidation sites excluding steroid dienone is 2. The number of hydrogen-bond acceptors (Lipinski definition) is 6. The molecule has 2 heterocycles. The van der Waals surface area contributed by atoms with E-state index >= 15 is 0 Å². The molecule has 8 heteroatoms. The maximum absolute atomic E-state index is 12.6. The number of ether oxygens (including phenoxy) is 1. The van der Waals surface area contributed by atoms with E-state index in [0.717, 1.165) is 4.68 Å². The summed E-state index contributed by atoms with van der Waals surface area (Å²) in [5.74, 6) is -0.0682. The molecule has 0 bridgehead atoms. The topological polar surface area (TPSA) is 98.7 Å². The molecule has 0 fully saturated rings. The van der Waals surface area contributed by atoms with Gasteiger partial charge in [-0.1, -0.05) is 46.8 Å². The van der Waals surface area contributed by atoms with E-state index in [4.69, 9.17) is 9.15 Å². The molecule has 0 radical (unpaired) electrons. The predicted molar refractivity (Wildman–Crippen MR) is 115 cm³/mol. The molecule has 2 aromatic rings. The number of nitrogens with zero attached hydrogens (tertiary/aromatic N) is 3. The third-order valence-corrected chi connectivity index (χ3v) is 3.47. The Labute approximate surface area is 171 Å². The molecule has 29 heavy (non-hydrogen) atoms. The molecule has 0 aromatic carbocycles. The molecule has 0 atom stereocenters. The van der Waals surface area contributed by atoms with Crippen molar-refractivity contribution in [1.29, 1.82) is 0 Å². The van der Waals surface area contributed by atoms with Crippen LogP contribution in [0.25, 0.3) is 11.0 Å². The molecule has 0 aliphatic rings. The van der Waals surface area contributed by atoms with Crippen LogP contribution in [0.4, 0.5) is 0 Å². The summed E-state index contributed by atoms with van der Waals surface area (Å²) in [5.41, 5.74) is 0.508. The van der Waals surface area contributed by atoms with Gasteiger partial charge in [0.25, 0.3) is 11.5 Å². The molecule has 1 N–H and O–H groups in total. The second kappa shape index (κ2) is 11.6. The Morgan fingerprint density at radius 1 is 1.45 bits per heavy atom. The van der Waals surface area contributed by atoms with E-state index in [9.17, 15) is 9.59 Å². The fourth-order valence-corrected chi connectivity index (χ4v) is 2.25. The van der Waals surface area contributed by atoms with Crippen molar-refractivity contribution in [3.8, 4) is 5.95 Å². The molecule has 2 aromatic heterocycles. The van der Waals surface area contributed by atoms with Gasteiger partial charge >= 0.3 is 0 Å². The van der Waals surface area contributed by atoms with Gasteiger partial charge in [0, 0.05) is 18.2 Å². The van der Waals surface area contributed by atoms with Crippen LogP contribution in [0.3, 0.4) is 0 Å². The number of furan rings is 1. The van der Waals surface area contributed by atoms with Crippen molar-refractivity contribution in [1.82, 2.24) is 15.1 Å². The van der Waals surface area contributed by atoms with Crippen LogP contribution in [-0.4, -0.2) is 29.0 Å². The van der Waals surface area contributed by atoms with Crippen molar-refractivity contribution >= 4 is 23.1 Å². The average Bonchev–Trinajstić information content (AvgIpc) is 3.09. The zero-order valence-corrected chi connectivity index (χ0v) is 18.0. The number of fused-ring (bicyclic) bond motifs is 1. The van der Waals surface area contributed by atoms with Crippen molar-refractivity contribution in [3.63, 3.8) is 0 Å². The predicted octanol–water partition coefficient (Wildman–Crippen LogP) is 3.77. The number of aliphatic imine (C=N–C) groups is 1. The van der Waals surface area contributed by atoms with Gasteiger partial charge in [0.2, 0.25) is 5.91 Å². The van der Waals surface area contributed by atoms with Crippen LogP contribution in [0.15, 0.2) is 44.8 Å². The minimum Gasteiger partial charge on any atom is -0.468 e. The molecule has 8 nitrogen and oxygen atoms in total. The summed E-state index contributed by atoms with van der Waals surface area (Å²) in [6.45, 7) is 13.3. The van der Waals surface area contributed by atoms with Gasteiger partial charge in [-0.05, 0) is 13.0 Å². The van der Waals surface area contributed by atoms with Gasteiger partial charge in [-0.3, -0.25) is 9.59 Å². The lowest BCUT2D eigenvalue weighted by Gasteiger charge is -2.10. The van der Waals surface area contributed by atoms with Crippen LogP contribution in [0.5, 0.6) is 5.95 Å². The summed E-state index contributed by atoms with van der Waals surface area (Å²) < 4.78 is 11.7. The van der Waals surface area contributed by atoms with Gasteiger partial charge < -0.3 is 14.5 Å². The van der Waals surface area contributed by atoms with E-state index in [0.29, 0.717) is 16.7 Å². The smallest absolute Gasteiger partial charge is 0.285 e. The van der Waals surface area contributed by atoms with Crippen molar-refractivity contribution in [2.45, 2.75) is 53.5 Å². The van der Waals surface area contributed by atoms with Gasteiger partial charge in [0.15, 0.2) is 5.58 Å². The molecule has 0 aliphatic carbocycles. The standard InChI is InChI=1S/C18H22N4O4.C3H8/c1-6-7-8-19-12(4)20-14(23)10-22-18(24)13-9-15(25-5)26-17(13)16(21-22)11(2)3;1-3-2/h6-9,11H,4,10H2,1-3,5H3,(H,20,23);3H2,1-2H3/b7-6-,19-8-;. The number of carbonyl (C=O) groups excluding carboxylic acids is 1. The summed E-state index contributed by atoms with van der Waals surface area (Å²) in [7, 11) is 1.45. The first-order valence-electron chi connectivity index (χ1n) is 9.51. The van der Waals surface area contributed by atoms with Gasteiger partial charge in [0.1, 0.15) is 18.1 Å². The Kier molecular flexibility index (Phi) is 9.58. The van der Waals surface area contributed by atoms with Crippen LogP contribution in [0, 0.1) is 0 Å². The van der Waals surface area contributed by atoms with Crippen LogP contribution in [0.1, 0.15) is 52.7 Å². The Balaban J connectivity index is 0.00000132. The Morgan fingerprint density at radius 2 is 2.10 bits per heavy atom. The number of hydrogen-bond donors (Lipinski definition) is 1. The largest absolute Gasteiger partial charge is 0.468 e. The highest BCUT2D eigenvalue weighted by Gasteiger charge is 2.19. The number of methoxy groups -OCH3 is 1. The summed E-state index contributed by atoms with van der Waals surface area (Å²) in [6.07, 6.45) is 6.26. The van der Waals surface area contributed by atoms with Gasteiger partial charge in [-0.15, -0.1) is 0 Å². The number of carbonyl (C=O) groups is 1. The Bertz CT molecular complexity index is 951. The molecule has 0 aliphatic heterocycles. The molecule has 0 spiro atoms. The zero-order chi connectivity index (χ0) is 22.0. The van der Waals surface area contributed by atoms with Gasteiger partial charge in [-0.25, -0.2) is 9.67 Å². The highest BCUT2D eigenvalue weighted by molar-refractivity contribution is 5.81. The number of aromatic nitrogens is 2. The number of nitrogens with one attached hydrogen (secondary N) is 1. The number of amides is 1. The fraction of sp³-hybridized carbons (Fsp3) is 0.429. The third kappa shape index (κ3) is 6.74. The van der Waals surface area contributed by atoms with E-state index in [1.807, 2.05) is 20.8 Å². The fourth-order valence-electron chi connectivity index (χ4n) is 2.25. The molecule has 158 valence electrons. The monoisotopic (exact) mass is 402 g/mol. The quantitative estimate of drug-likeness (QED) is 0.711. The van der Waals surface area contributed by atoms with Crippen molar-refractivity contribution in [2.75, 3.05) is 7.11 Å². The lowest BCUT2D eigenvalue weighted by Crippen LogP contribution is -2.33. The second-order valence-electron chi connectivity index (χ2n) is 6.52. The van der Waals surface area contributed by atoms with E-state index in [-0.39, 0.29) is 24.2 Å². The van der Waals surface area contributed by atoms with E-state index in [2.05, 4.69) is 35.8 Å². The van der Waals surface area contributed by atoms with E-state index in [1.165, 1.54) is 25.8 Å². The first-order chi connectivity index (χ1) is 13.8. The highest BCUT2D eigenvalue weighted by Crippen LogP contribution is 2.27. The summed E-state index contributed by atoms with van der Waals surface area (Å²) in [5, 5.41) is 7.12. The highest BCUT2D eigenvalue weighted by atomic mass is 16.6. The Morgan fingerprint density at radius 3 is 2.66 bits per heavy atom. The first-order valence-corrected chi connectivity index (χ1v) is 9.51. The van der Waals surface area contributed by atoms with Crippen LogP contribution in [0.2, 0.25) is 0 Å². The summed E-state index contributed by atoms with van der Waals surface area (Å²) in [6, 6.07) is 1.50. The molecule has 0 saturated carbocycles. The Hall–Kier alpha value is -3.16. The SMILES string of the molecule is C=C(/N=C\C=C/C)NC(=O)Cn1nc(C(C)C)c2oc(OC)cc2c1=O.CCC. The van der Waals surface area contributed by atoms with E-state index in [1.54, 1.807) is 12.2 Å². The van der Waals surface area contributed by atoms with Crippen LogP contribution in [-0.2, 0) is 11.3 Å². The molecule has 0 unspecified atom stereocenters. The maximum Gasteiger partial charge on any atom is 0.285 e. The normalized spacial score (nSPS) is 11.1. The lowest BCUT2D eigenvalue weighted by molar-refractivity contribution is -0.121. The summed E-state index contributed by atoms with van der Waals surface area (Å²) in [4.78, 5) is 28.7. The minimum atomic E-state index is -0.452. The van der Waals surface area contributed by atoms with Crippen molar-refractivity contribution < 1.29 is 13.9 Å². The van der Waals surface area contributed by atoms with E-state index < -0.39 is 11.5 Å². The van der Waals surface area contributed by atoms with Crippen molar-refractivity contribution in [3.05, 3.63) is 46.7 Å². The number of rotatable bonds is 7. The van der Waals surface area contributed by atoms with Crippen LogP contribution >= 0.6 is 0 Å². The van der Waals surface area contributed by atoms with Gasteiger partial charge in [0.05, 0.1) is 12.5 Å².